The maximum atomic E-state index is 13.7. The van der Waals surface area contributed by atoms with Gasteiger partial charge < -0.3 is 10.6 Å². The van der Waals surface area contributed by atoms with Crippen LogP contribution in [-0.4, -0.2) is 34.2 Å². The van der Waals surface area contributed by atoms with Gasteiger partial charge in [-0.2, -0.15) is 0 Å². The van der Waals surface area contributed by atoms with Crippen molar-refractivity contribution in [2.75, 3.05) is 19.8 Å². The molecular formula is C19H22F3N3O2S. The number of hydrogen-bond donors (Lipinski definition) is 2. The monoisotopic (exact) mass is 413 g/mol. The first-order valence-corrected chi connectivity index (χ1v) is 10.6. The zero-order valence-electron chi connectivity index (χ0n) is 15.6. The van der Waals surface area contributed by atoms with Gasteiger partial charge in [-0.25, -0.2) is 21.6 Å². The molecule has 0 bridgehead atoms. The van der Waals surface area contributed by atoms with Crippen molar-refractivity contribution in [3.8, 4) is 0 Å². The van der Waals surface area contributed by atoms with E-state index in [9.17, 15) is 21.6 Å². The van der Waals surface area contributed by atoms with Crippen LogP contribution >= 0.6 is 0 Å². The molecule has 0 fully saturated rings. The highest BCUT2D eigenvalue weighted by Gasteiger charge is 2.12. The number of nitrogens with zero attached hydrogens (tertiary/aromatic N) is 1. The molecule has 0 atom stereocenters. The van der Waals surface area contributed by atoms with Crippen molar-refractivity contribution in [2.24, 2.45) is 4.99 Å². The standard InChI is InChI=1S/C19H22F3N3O2S/c1-23-19(24-9-8-13-4-3-5-17(21)18(13)22)25-11-15-10-16(20)7-6-14(15)12-28(2,26)27/h3-7,10H,8-9,11-12H2,1-2H3,(H2,23,24,25). The van der Waals surface area contributed by atoms with Gasteiger partial charge in [-0.1, -0.05) is 18.2 Å². The fraction of sp³-hybridized carbons (Fsp3) is 0.316. The maximum Gasteiger partial charge on any atom is 0.191 e. The lowest BCUT2D eigenvalue weighted by atomic mass is 10.1. The molecule has 0 spiro atoms. The van der Waals surface area contributed by atoms with Crippen LogP contribution in [0.15, 0.2) is 41.4 Å². The van der Waals surface area contributed by atoms with Gasteiger partial charge in [-0.15, -0.1) is 0 Å². The second-order valence-electron chi connectivity index (χ2n) is 6.30. The van der Waals surface area contributed by atoms with Crippen LogP contribution in [0.3, 0.4) is 0 Å². The smallest absolute Gasteiger partial charge is 0.191 e. The van der Waals surface area contributed by atoms with Crippen molar-refractivity contribution >= 4 is 15.8 Å². The normalized spacial score (nSPS) is 12.1. The molecular weight excluding hydrogens is 391 g/mol. The second-order valence-corrected chi connectivity index (χ2v) is 8.44. The maximum absolute atomic E-state index is 13.7. The van der Waals surface area contributed by atoms with Gasteiger partial charge in [0.15, 0.2) is 27.4 Å². The van der Waals surface area contributed by atoms with Crippen LogP contribution < -0.4 is 10.6 Å². The van der Waals surface area contributed by atoms with E-state index >= 15 is 0 Å². The summed E-state index contributed by atoms with van der Waals surface area (Å²) in [6.07, 6.45) is 1.35. The summed E-state index contributed by atoms with van der Waals surface area (Å²) in [5, 5.41) is 5.92. The molecule has 28 heavy (non-hydrogen) atoms. The quantitative estimate of drug-likeness (QED) is 0.541. The topological polar surface area (TPSA) is 70.6 Å². The van der Waals surface area contributed by atoms with Gasteiger partial charge in [0.25, 0.3) is 0 Å². The summed E-state index contributed by atoms with van der Waals surface area (Å²) in [5.41, 5.74) is 1.22. The van der Waals surface area contributed by atoms with E-state index in [1.54, 1.807) is 0 Å². The number of aliphatic imine (C=N–C) groups is 1. The highest BCUT2D eigenvalue weighted by Crippen LogP contribution is 2.14. The number of halogens is 3. The minimum Gasteiger partial charge on any atom is -0.356 e. The van der Waals surface area contributed by atoms with Crippen molar-refractivity contribution in [3.05, 3.63) is 70.5 Å². The number of nitrogens with one attached hydrogen (secondary N) is 2. The summed E-state index contributed by atoms with van der Waals surface area (Å²) in [6.45, 7) is 0.440. The van der Waals surface area contributed by atoms with E-state index in [2.05, 4.69) is 15.6 Å². The molecule has 0 aliphatic carbocycles. The Hall–Kier alpha value is -2.55. The zero-order chi connectivity index (χ0) is 20.7. The molecule has 0 radical (unpaired) electrons. The molecule has 0 aliphatic rings. The molecule has 152 valence electrons. The molecule has 0 aliphatic heterocycles. The van der Waals surface area contributed by atoms with Crippen molar-refractivity contribution in [3.63, 3.8) is 0 Å². The number of rotatable bonds is 7. The average molecular weight is 413 g/mol. The molecule has 5 nitrogen and oxygen atoms in total. The third kappa shape index (κ3) is 6.56. The first kappa shape index (κ1) is 21.7. The van der Waals surface area contributed by atoms with E-state index in [4.69, 9.17) is 0 Å². The van der Waals surface area contributed by atoms with Gasteiger partial charge in [-0.3, -0.25) is 4.99 Å². The van der Waals surface area contributed by atoms with E-state index in [0.29, 0.717) is 23.6 Å². The predicted octanol–water partition coefficient (Wildman–Crippen LogP) is 2.56. The van der Waals surface area contributed by atoms with Crippen LogP contribution in [0.1, 0.15) is 16.7 Å². The van der Waals surface area contributed by atoms with Crippen LogP contribution in [0, 0.1) is 17.5 Å². The highest BCUT2D eigenvalue weighted by molar-refractivity contribution is 7.89. The SMILES string of the molecule is CN=C(NCCc1cccc(F)c1F)NCc1cc(F)ccc1CS(C)(=O)=O. The molecule has 2 rings (SSSR count). The molecule has 2 aromatic carbocycles. The molecule has 0 heterocycles. The van der Waals surface area contributed by atoms with Crippen molar-refractivity contribution in [2.45, 2.75) is 18.7 Å². The molecule has 0 unspecified atom stereocenters. The lowest BCUT2D eigenvalue weighted by molar-refractivity contribution is 0.498. The highest BCUT2D eigenvalue weighted by atomic mass is 32.2. The number of hydrogen-bond acceptors (Lipinski definition) is 3. The molecule has 0 saturated carbocycles. The molecule has 2 N–H and O–H groups in total. The van der Waals surface area contributed by atoms with Crippen LogP contribution in [0.5, 0.6) is 0 Å². The van der Waals surface area contributed by atoms with E-state index in [1.807, 2.05) is 0 Å². The molecule has 0 amide bonds. The van der Waals surface area contributed by atoms with Crippen molar-refractivity contribution in [1.82, 2.24) is 10.6 Å². The third-order valence-electron chi connectivity index (χ3n) is 3.97. The average Bonchev–Trinajstić information content (AvgIpc) is 2.62. The summed E-state index contributed by atoms with van der Waals surface area (Å²) in [7, 11) is -1.74. The predicted molar refractivity (Wildman–Crippen MR) is 103 cm³/mol. The molecule has 0 saturated heterocycles. The minimum atomic E-state index is -3.27. The largest absolute Gasteiger partial charge is 0.356 e. The Morgan fingerprint density at radius 3 is 2.46 bits per heavy atom. The number of sulfone groups is 1. The number of benzene rings is 2. The lowest BCUT2D eigenvalue weighted by Gasteiger charge is -2.14. The molecule has 9 heteroatoms. The summed E-state index contributed by atoms with van der Waals surface area (Å²) < 4.78 is 63.5. The van der Waals surface area contributed by atoms with Crippen LogP contribution in [0.25, 0.3) is 0 Å². The third-order valence-corrected chi connectivity index (χ3v) is 4.81. The van der Waals surface area contributed by atoms with Gasteiger partial charge >= 0.3 is 0 Å². The lowest BCUT2D eigenvalue weighted by Crippen LogP contribution is -2.38. The van der Waals surface area contributed by atoms with E-state index in [-0.39, 0.29) is 24.3 Å². The summed E-state index contributed by atoms with van der Waals surface area (Å²) in [6, 6.07) is 7.91. The Morgan fingerprint density at radius 1 is 1.04 bits per heavy atom. The fourth-order valence-electron chi connectivity index (χ4n) is 2.64. The minimum absolute atomic E-state index is 0.149. The summed E-state index contributed by atoms with van der Waals surface area (Å²) in [5.74, 6) is -2.08. The van der Waals surface area contributed by atoms with Crippen molar-refractivity contribution in [1.29, 1.82) is 0 Å². The number of guanidine groups is 1. The van der Waals surface area contributed by atoms with E-state index in [1.165, 1.54) is 37.4 Å². The Morgan fingerprint density at radius 2 is 1.79 bits per heavy atom. The van der Waals surface area contributed by atoms with E-state index < -0.39 is 27.3 Å². The first-order chi connectivity index (χ1) is 13.2. The Balaban J connectivity index is 1.97. The Kier molecular flexibility index (Phi) is 7.45. The van der Waals surface area contributed by atoms with Crippen molar-refractivity contribution < 1.29 is 21.6 Å². The van der Waals surface area contributed by atoms with Crippen LogP contribution in [0.2, 0.25) is 0 Å². The first-order valence-electron chi connectivity index (χ1n) is 8.52. The molecule has 0 aromatic heterocycles. The fourth-order valence-corrected chi connectivity index (χ4v) is 3.49. The summed E-state index contributed by atoms with van der Waals surface area (Å²) in [4.78, 5) is 4.02. The Bertz CT molecular complexity index is 963. The van der Waals surface area contributed by atoms with Gasteiger partial charge in [0.05, 0.1) is 5.75 Å². The second kappa shape index (κ2) is 9.59. The van der Waals surface area contributed by atoms with Gasteiger partial charge in [-0.05, 0) is 41.3 Å². The van der Waals surface area contributed by atoms with Gasteiger partial charge in [0.1, 0.15) is 5.82 Å². The Labute approximate surface area is 162 Å². The van der Waals surface area contributed by atoms with Crippen LogP contribution in [-0.2, 0) is 28.6 Å². The van der Waals surface area contributed by atoms with Crippen LogP contribution in [0.4, 0.5) is 13.2 Å². The van der Waals surface area contributed by atoms with Gasteiger partial charge in [0.2, 0.25) is 0 Å². The molecule has 2 aromatic rings. The zero-order valence-corrected chi connectivity index (χ0v) is 16.4. The summed E-state index contributed by atoms with van der Waals surface area (Å²) >= 11 is 0. The van der Waals surface area contributed by atoms with E-state index in [0.717, 1.165) is 12.3 Å². The van der Waals surface area contributed by atoms with Gasteiger partial charge in [0, 0.05) is 26.4 Å².